The van der Waals surface area contributed by atoms with Crippen molar-refractivity contribution in [3.05, 3.63) is 116 Å². The molecule has 0 amide bonds. The number of ether oxygens (including phenoxy) is 2. The van der Waals surface area contributed by atoms with E-state index in [1.54, 1.807) is 24.3 Å². The lowest BCUT2D eigenvalue weighted by Gasteiger charge is -2.24. The Morgan fingerprint density at radius 2 is 0.973 bits per heavy atom. The highest BCUT2D eigenvalue weighted by molar-refractivity contribution is 5.87. The molecule has 0 atom stereocenters. The van der Waals surface area contributed by atoms with Crippen LogP contribution >= 0.6 is 0 Å². The maximum absolute atomic E-state index is 13.7. The molecule has 0 fully saturated rings. The Kier molecular flexibility index (Phi) is 6.57. The zero-order valence-electron chi connectivity index (χ0n) is 21.2. The molecule has 188 valence electrons. The summed E-state index contributed by atoms with van der Waals surface area (Å²) >= 11 is 0. The van der Waals surface area contributed by atoms with E-state index >= 15 is 0 Å². The molecule has 2 heterocycles. The molecule has 2 aromatic heterocycles. The molecule has 0 saturated carbocycles. The van der Waals surface area contributed by atoms with E-state index in [2.05, 4.69) is 0 Å². The SMILES string of the molecule is CC(C)Oc1c(C(c2ccccc2)c2c(OC(C)C)c3ccccc3oc2=O)c(=O)oc2ccccc12. The van der Waals surface area contributed by atoms with Gasteiger partial charge in [0.1, 0.15) is 22.7 Å². The second-order valence-corrected chi connectivity index (χ2v) is 9.43. The van der Waals surface area contributed by atoms with E-state index in [-0.39, 0.29) is 23.3 Å². The fraction of sp³-hybridized carbons (Fsp3) is 0.226. The highest BCUT2D eigenvalue weighted by Gasteiger charge is 2.34. The van der Waals surface area contributed by atoms with E-state index < -0.39 is 17.2 Å². The van der Waals surface area contributed by atoms with Crippen LogP contribution in [0.1, 0.15) is 50.3 Å². The molecular formula is C31H28O6. The van der Waals surface area contributed by atoms with Crippen molar-refractivity contribution in [3.8, 4) is 11.5 Å². The van der Waals surface area contributed by atoms with Gasteiger partial charge in [0.25, 0.3) is 0 Å². The number of hydrogen-bond donors (Lipinski definition) is 0. The maximum atomic E-state index is 13.7. The lowest BCUT2D eigenvalue weighted by Crippen LogP contribution is -2.25. The van der Waals surface area contributed by atoms with Gasteiger partial charge in [-0.05, 0) is 57.5 Å². The van der Waals surface area contributed by atoms with Crippen molar-refractivity contribution >= 4 is 21.9 Å². The monoisotopic (exact) mass is 496 g/mol. The van der Waals surface area contributed by atoms with Gasteiger partial charge in [0.15, 0.2) is 0 Å². The number of para-hydroxylation sites is 2. The third-order valence-electron chi connectivity index (χ3n) is 6.02. The van der Waals surface area contributed by atoms with Crippen molar-refractivity contribution in [1.29, 1.82) is 0 Å². The second kappa shape index (κ2) is 9.97. The van der Waals surface area contributed by atoms with Crippen LogP contribution < -0.4 is 20.7 Å². The van der Waals surface area contributed by atoms with Gasteiger partial charge in [0.05, 0.1) is 40.0 Å². The molecule has 0 aliphatic carbocycles. The zero-order chi connectivity index (χ0) is 26.1. The first-order chi connectivity index (χ1) is 17.8. The molecule has 0 unspecified atom stereocenters. The van der Waals surface area contributed by atoms with Crippen LogP contribution in [0.15, 0.2) is 97.3 Å². The molecule has 0 N–H and O–H groups in total. The average Bonchev–Trinajstić information content (AvgIpc) is 2.87. The second-order valence-electron chi connectivity index (χ2n) is 9.43. The molecule has 5 rings (SSSR count). The quantitative estimate of drug-likeness (QED) is 0.235. The summed E-state index contributed by atoms with van der Waals surface area (Å²) in [6.45, 7) is 7.57. The van der Waals surface area contributed by atoms with Gasteiger partial charge in [-0.15, -0.1) is 0 Å². The summed E-state index contributed by atoms with van der Waals surface area (Å²) in [4.78, 5) is 27.4. The molecule has 0 aliphatic heterocycles. The van der Waals surface area contributed by atoms with Crippen LogP contribution in [0.5, 0.6) is 11.5 Å². The normalized spacial score (nSPS) is 11.6. The van der Waals surface area contributed by atoms with Gasteiger partial charge >= 0.3 is 11.3 Å². The molecule has 0 bridgehead atoms. The van der Waals surface area contributed by atoms with Crippen LogP contribution in [0.4, 0.5) is 0 Å². The molecule has 0 aliphatic rings. The van der Waals surface area contributed by atoms with E-state index in [9.17, 15) is 9.59 Å². The maximum Gasteiger partial charge on any atom is 0.344 e. The Balaban J connectivity index is 1.94. The van der Waals surface area contributed by atoms with Crippen LogP contribution in [-0.4, -0.2) is 12.2 Å². The Morgan fingerprint density at radius 3 is 1.41 bits per heavy atom. The van der Waals surface area contributed by atoms with Gasteiger partial charge in [0, 0.05) is 0 Å². The van der Waals surface area contributed by atoms with Crippen molar-refractivity contribution in [3.63, 3.8) is 0 Å². The zero-order valence-corrected chi connectivity index (χ0v) is 21.2. The van der Waals surface area contributed by atoms with Crippen molar-refractivity contribution < 1.29 is 18.3 Å². The van der Waals surface area contributed by atoms with Gasteiger partial charge in [-0.2, -0.15) is 0 Å². The Morgan fingerprint density at radius 1 is 0.568 bits per heavy atom. The predicted octanol–water partition coefficient (Wildman–Crippen LogP) is 6.65. The van der Waals surface area contributed by atoms with E-state index in [4.69, 9.17) is 18.3 Å². The largest absolute Gasteiger partial charge is 0.490 e. The fourth-order valence-corrected chi connectivity index (χ4v) is 4.62. The summed E-state index contributed by atoms with van der Waals surface area (Å²) in [5.41, 5.74) is 0.766. The van der Waals surface area contributed by atoms with Gasteiger partial charge in [0.2, 0.25) is 0 Å². The fourth-order valence-electron chi connectivity index (χ4n) is 4.62. The van der Waals surface area contributed by atoms with E-state index in [1.165, 1.54) is 0 Å². The van der Waals surface area contributed by atoms with Gasteiger partial charge in [-0.25, -0.2) is 9.59 Å². The molecule has 0 saturated heterocycles. The summed E-state index contributed by atoms with van der Waals surface area (Å²) in [5, 5.41) is 1.28. The van der Waals surface area contributed by atoms with Gasteiger partial charge in [-0.3, -0.25) is 0 Å². The summed E-state index contributed by atoms with van der Waals surface area (Å²) in [6, 6.07) is 23.8. The van der Waals surface area contributed by atoms with Crippen LogP contribution in [-0.2, 0) is 0 Å². The number of hydrogen-bond acceptors (Lipinski definition) is 6. The molecule has 0 radical (unpaired) electrons. The van der Waals surface area contributed by atoms with Crippen molar-refractivity contribution in [2.24, 2.45) is 0 Å². The molecule has 37 heavy (non-hydrogen) atoms. The number of benzene rings is 3. The first kappa shape index (κ1) is 24.4. The molecular weight excluding hydrogens is 468 g/mol. The lowest BCUT2D eigenvalue weighted by atomic mass is 9.84. The summed E-state index contributed by atoms with van der Waals surface area (Å²) in [5.74, 6) is -0.122. The topological polar surface area (TPSA) is 78.9 Å². The van der Waals surface area contributed by atoms with Crippen LogP contribution in [0, 0.1) is 0 Å². The van der Waals surface area contributed by atoms with E-state index in [0.29, 0.717) is 39.0 Å². The van der Waals surface area contributed by atoms with E-state index in [1.807, 2.05) is 82.3 Å². The van der Waals surface area contributed by atoms with Crippen molar-refractivity contribution in [2.45, 2.75) is 45.8 Å². The van der Waals surface area contributed by atoms with Crippen molar-refractivity contribution in [2.75, 3.05) is 0 Å². The van der Waals surface area contributed by atoms with Crippen LogP contribution in [0.2, 0.25) is 0 Å². The third-order valence-corrected chi connectivity index (χ3v) is 6.02. The molecule has 5 aromatic rings. The van der Waals surface area contributed by atoms with Crippen molar-refractivity contribution in [1.82, 2.24) is 0 Å². The van der Waals surface area contributed by atoms with Crippen LogP contribution in [0.25, 0.3) is 21.9 Å². The highest BCUT2D eigenvalue weighted by Crippen LogP contribution is 2.43. The average molecular weight is 497 g/mol. The number of rotatable bonds is 7. The standard InChI is InChI=1S/C31H28O6/c1-18(2)34-28-21-14-8-10-16-23(21)36-30(32)26(28)25(20-12-6-5-7-13-20)27-29(35-19(3)4)22-15-9-11-17-24(22)37-31(27)33/h5-19,25H,1-4H3. The minimum atomic E-state index is -0.870. The Hall–Kier alpha value is -4.32. The molecule has 3 aromatic carbocycles. The van der Waals surface area contributed by atoms with Crippen LogP contribution in [0.3, 0.4) is 0 Å². The minimum Gasteiger partial charge on any atom is -0.490 e. The minimum absolute atomic E-state index is 0.217. The summed E-state index contributed by atoms with van der Waals surface area (Å²) in [6.07, 6.45) is -0.473. The van der Waals surface area contributed by atoms with Gasteiger partial charge in [-0.1, -0.05) is 54.6 Å². The Bertz CT molecular complexity index is 1570. The smallest absolute Gasteiger partial charge is 0.344 e. The first-order valence-corrected chi connectivity index (χ1v) is 12.3. The highest BCUT2D eigenvalue weighted by atomic mass is 16.5. The Labute approximate surface area is 214 Å². The van der Waals surface area contributed by atoms with E-state index in [0.717, 1.165) is 0 Å². The summed E-state index contributed by atoms with van der Waals surface area (Å²) in [7, 11) is 0. The number of fused-ring (bicyclic) bond motifs is 2. The molecule has 6 heteroatoms. The lowest BCUT2D eigenvalue weighted by molar-refractivity contribution is 0.237. The predicted molar refractivity (Wildman–Crippen MR) is 144 cm³/mol. The molecule has 0 spiro atoms. The molecule has 6 nitrogen and oxygen atoms in total. The van der Waals surface area contributed by atoms with Gasteiger partial charge < -0.3 is 18.3 Å². The first-order valence-electron chi connectivity index (χ1n) is 12.3. The third kappa shape index (κ3) is 4.62. The summed E-state index contributed by atoms with van der Waals surface area (Å²) < 4.78 is 24.1.